The Morgan fingerprint density at radius 1 is 1.35 bits per heavy atom. The zero-order chi connectivity index (χ0) is 18.3. The van der Waals surface area contributed by atoms with E-state index in [1.54, 1.807) is 11.1 Å². The third kappa shape index (κ3) is 3.01. The second-order valence-electron chi connectivity index (χ2n) is 7.07. The van der Waals surface area contributed by atoms with E-state index in [9.17, 15) is 4.79 Å². The number of amides is 1. The number of nitrogens with zero attached hydrogens (tertiary/aromatic N) is 5. The molecule has 6 nitrogen and oxygen atoms in total. The Kier molecular flexibility index (Phi) is 4.50. The summed E-state index contributed by atoms with van der Waals surface area (Å²) in [6.07, 6.45) is 4.71. The van der Waals surface area contributed by atoms with E-state index in [0.29, 0.717) is 5.92 Å². The second-order valence-corrected chi connectivity index (χ2v) is 8.07. The van der Waals surface area contributed by atoms with Crippen LogP contribution in [0.25, 0.3) is 10.2 Å². The molecule has 26 heavy (non-hydrogen) atoms. The van der Waals surface area contributed by atoms with Crippen molar-refractivity contribution in [3.05, 3.63) is 46.7 Å². The number of aryl methyl sites for hydroxylation is 1. The molecule has 0 saturated carbocycles. The molecule has 3 aromatic rings. The summed E-state index contributed by atoms with van der Waals surface area (Å²) >= 11 is 1.52. The van der Waals surface area contributed by atoms with Crippen LogP contribution < -0.4 is 0 Å². The largest absolute Gasteiger partial charge is 0.344 e. The van der Waals surface area contributed by atoms with Gasteiger partial charge in [0, 0.05) is 57.9 Å². The van der Waals surface area contributed by atoms with Gasteiger partial charge in [0.1, 0.15) is 4.83 Å². The molecule has 0 spiro atoms. The summed E-state index contributed by atoms with van der Waals surface area (Å²) in [6.45, 7) is 2.88. The van der Waals surface area contributed by atoms with E-state index in [1.807, 2.05) is 38.1 Å². The number of hydrogen-bond donors (Lipinski definition) is 0. The summed E-state index contributed by atoms with van der Waals surface area (Å²) in [5, 5.41) is 5.39. The van der Waals surface area contributed by atoms with Gasteiger partial charge in [-0.3, -0.25) is 14.4 Å². The highest BCUT2D eigenvalue weighted by Gasteiger charge is 2.31. The van der Waals surface area contributed by atoms with Gasteiger partial charge >= 0.3 is 0 Å². The monoisotopic (exact) mass is 369 g/mol. The van der Waals surface area contributed by atoms with Gasteiger partial charge in [-0.2, -0.15) is 5.10 Å². The third-order valence-electron chi connectivity index (χ3n) is 5.09. The molecule has 0 aromatic carbocycles. The van der Waals surface area contributed by atoms with Gasteiger partial charge in [0.25, 0.3) is 5.91 Å². The maximum Gasteiger partial charge on any atom is 0.263 e. The third-order valence-corrected chi connectivity index (χ3v) is 6.21. The minimum Gasteiger partial charge on any atom is -0.344 e. The fourth-order valence-electron chi connectivity index (χ4n) is 3.72. The van der Waals surface area contributed by atoms with Gasteiger partial charge in [-0.25, -0.2) is 4.98 Å². The van der Waals surface area contributed by atoms with Crippen molar-refractivity contribution in [3.8, 4) is 0 Å². The van der Waals surface area contributed by atoms with Crippen LogP contribution in [0.4, 0.5) is 0 Å². The number of carbonyl (C=O) groups is 1. The van der Waals surface area contributed by atoms with Gasteiger partial charge in [0.2, 0.25) is 0 Å². The standard InChI is InChI=1S/C19H23N5OS/c1-22(2)19(25)17-16(15-5-4-8-20-18(15)26-17)13-7-10-24(11-13)12-14-6-9-21-23(14)3/h4-6,8-9,13H,7,10-12H2,1-3H3/t13-/m1/s1. The highest BCUT2D eigenvalue weighted by molar-refractivity contribution is 7.20. The molecule has 0 unspecified atom stereocenters. The number of rotatable bonds is 4. The normalized spacial score (nSPS) is 17.9. The molecule has 1 atom stereocenters. The highest BCUT2D eigenvalue weighted by Crippen LogP contribution is 2.40. The first kappa shape index (κ1) is 17.2. The predicted octanol–water partition coefficient (Wildman–Crippen LogP) is 2.72. The Balaban J connectivity index is 1.65. The van der Waals surface area contributed by atoms with Crippen molar-refractivity contribution >= 4 is 27.5 Å². The van der Waals surface area contributed by atoms with Crippen LogP contribution >= 0.6 is 11.3 Å². The average molecular weight is 369 g/mol. The Labute approximate surface area is 157 Å². The molecule has 4 rings (SSSR count). The zero-order valence-electron chi connectivity index (χ0n) is 15.3. The van der Waals surface area contributed by atoms with Crippen LogP contribution in [0.3, 0.4) is 0 Å². The highest BCUT2D eigenvalue weighted by atomic mass is 32.1. The fraction of sp³-hybridized carbons (Fsp3) is 0.421. The molecule has 1 fully saturated rings. The lowest BCUT2D eigenvalue weighted by atomic mass is 9.95. The maximum absolute atomic E-state index is 12.8. The Bertz CT molecular complexity index is 944. The summed E-state index contributed by atoms with van der Waals surface area (Å²) in [5.41, 5.74) is 2.40. The quantitative estimate of drug-likeness (QED) is 0.710. The predicted molar refractivity (Wildman–Crippen MR) is 103 cm³/mol. The average Bonchev–Trinajstić information content (AvgIpc) is 3.33. The summed E-state index contributed by atoms with van der Waals surface area (Å²) in [6, 6.07) is 6.13. The van der Waals surface area contributed by atoms with E-state index < -0.39 is 0 Å². The van der Waals surface area contributed by atoms with Gasteiger partial charge in [-0.05, 0) is 30.7 Å². The number of pyridine rings is 1. The molecule has 1 saturated heterocycles. The topological polar surface area (TPSA) is 54.3 Å². The van der Waals surface area contributed by atoms with Crippen molar-refractivity contribution < 1.29 is 4.79 Å². The number of likely N-dealkylation sites (tertiary alicyclic amines) is 1. The molecule has 1 aliphatic heterocycles. The van der Waals surface area contributed by atoms with E-state index >= 15 is 0 Å². The minimum atomic E-state index is 0.0769. The number of hydrogen-bond acceptors (Lipinski definition) is 5. The second kappa shape index (κ2) is 6.81. The fourth-order valence-corrected chi connectivity index (χ4v) is 4.97. The first-order valence-corrected chi connectivity index (χ1v) is 9.64. The van der Waals surface area contributed by atoms with Gasteiger partial charge in [-0.15, -0.1) is 11.3 Å². The van der Waals surface area contributed by atoms with Gasteiger partial charge < -0.3 is 4.90 Å². The SMILES string of the molecule is CN(C)C(=O)c1sc2ncccc2c1[C@@H]1CCN(Cc2ccnn2C)C1. The van der Waals surface area contributed by atoms with Crippen LogP contribution in [0.2, 0.25) is 0 Å². The Morgan fingerprint density at radius 2 is 2.19 bits per heavy atom. The number of aromatic nitrogens is 3. The molecule has 7 heteroatoms. The lowest BCUT2D eigenvalue weighted by molar-refractivity contribution is 0.0831. The van der Waals surface area contributed by atoms with Crippen LogP contribution in [0, 0.1) is 0 Å². The van der Waals surface area contributed by atoms with Crippen molar-refractivity contribution in [1.82, 2.24) is 24.6 Å². The molecule has 0 bridgehead atoms. The van der Waals surface area contributed by atoms with Crippen molar-refractivity contribution in [1.29, 1.82) is 0 Å². The molecule has 0 N–H and O–H groups in total. The molecular weight excluding hydrogens is 346 g/mol. The van der Waals surface area contributed by atoms with Crippen LogP contribution in [0.1, 0.15) is 33.3 Å². The zero-order valence-corrected chi connectivity index (χ0v) is 16.2. The van der Waals surface area contributed by atoms with Crippen molar-refractivity contribution in [2.75, 3.05) is 27.2 Å². The van der Waals surface area contributed by atoms with Crippen molar-refractivity contribution in [2.45, 2.75) is 18.9 Å². The molecule has 0 aliphatic carbocycles. The molecule has 1 amide bonds. The van der Waals surface area contributed by atoms with Gasteiger partial charge in [-0.1, -0.05) is 6.07 Å². The van der Waals surface area contributed by atoms with Gasteiger partial charge in [0.15, 0.2) is 0 Å². The summed E-state index contributed by atoms with van der Waals surface area (Å²) in [7, 11) is 5.61. The van der Waals surface area contributed by atoms with Crippen LogP contribution in [0.15, 0.2) is 30.6 Å². The van der Waals surface area contributed by atoms with Crippen molar-refractivity contribution in [2.24, 2.45) is 7.05 Å². The lowest BCUT2D eigenvalue weighted by Gasteiger charge is -2.17. The summed E-state index contributed by atoms with van der Waals surface area (Å²) < 4.78 is 1.93. The molecule has 3 aromatic heterocycles. The summed E-state index contributed by atoms with van der Waals surface area (Å²) in [4.78, 5) is 23.2. The maximum atomic E-state index is 12.8. The van der Waals surface area contributed by atoms with E-state index in [2.05, 4.69) is 27.1 Å². The first-order chi connectivity index (χ1) is 12.5. The van der Waals surface area contributed by atoms with E-state index in [1.165, 1.54) is 22.6 Å². The van der Waals surface area contributed by atoms with Crippen molar-refractivity contribution in [3.63, 3.8) is 0 Å². The van der Waals surface area contributed by atoms with Crippen LogP contribution in [-0.2, 0) is 13.6 Å². The lowest BCUT2D eigenvalue weighted by Crippen LogP contribution is -2.23. The molecule has 136 valence electrons. The Morgan fingerprint density at radius 3 is 2.92 bits per heavy atom. The number of thiophene rings is 1. The number of fused-ring (bicyclic) bond motifs is 1. The summed E-state index contributed by atoms with van der Waals surface area (Å²) in [5.74, 6) is 0.438. The molecule has 4 heterocycles. The van der Waals surface area contributed by atoms with Crippen LogP contribution in [-0.4, -0.2) is 57.7 Å². The molecule has 0 radical (unpaired) electrons. The van der Waals surface area contributed by atoms with E-state index in [4.69, 9.17) is 0 Å². The Hall–Kier alpha value is -2.25. The van der Waals surface area contributed by atoms with E-state index in [0.717, 1.165) is 41.1 Å². The molecule has 1 aliphatic rings. The van der Waals surface area contributed by atoms with Crippen LogP contribution in [0.5, 0.6) is 0 Å². The first-order valence-electron chi connectivity index (χ1n) is 8.83. The smallest absolute Gasteiger partial charge is 0.263 e. The number of carbonyl (C=O) groups excluding carboxylic acids is 1. The van der Waals surface area contributed by atoms with Gasteiger partial charge in [0.05, 0.1) is 10.6 Å². The van der Waals surface area contributed by atoms with E-state index in [-0.39, 0.29) is 5.91 Å². The molecular formula is C19H23N5OS. The minimum absolute atomic E-state index is 0.0769.